The summed E-state index contributed by atoms with van der Waals surface area (Å²) >= 11 is 0. The van der Waals surface area contributed by atoms with Crippen LogP contribution in [0.3, 0.4) is 0 Å². The molecule has 0 spiro atoms. The quantitative estimate of drug-likeness (QED) is 0.337. The summed E-state index contributed by atoms with van der Waals surface area (Å²) in [6.07, 6.45) is 0.614. The van der Waals surface area contributed by atoms with Crippen LogP contribution in [0.25, 0.3) is 0 Å². The third-order valence-corrected chi connectivity index (χ3v) is 5.47. The number of amides is 2. The lowest BCUT2D eigenvalue weighted by Crippen LogP contribution is -2.32. The summed E-state index contributed by atoms with van der Waals surface area (Å²) in [7, 11) is 0. The van der Waals surface area contributed by atoms with Crippen molar-refractivity contribution in [2.75, 3.05) is 22.1 Å². The number of hydrogen-bond donors (Lipinski definition) is 2. The van der Waals surface area contributed by atoms with Crippen LogP contribution in [0.2, 0.25) is 0 Å². The maximum atomic E-state index is 12.4. The van der Waals surface area contributed by atoms with Gasteiger partial charge in [0.15, 0.2) is 5.78 Å². The third-order valence-electron chi connectivity index (χ3n) is 5.47. The number of fused-ring (bicyclic) bond motifs is 1. The summed E-state index contributed by atoms with van der Waals surface area (Å²) in [5.41, 5.74) is 4.12. The van der Waals surface area contributed by atoms with Gasteiger partial charge < -0.3 is 15.5 Å². The Morgan fingerprint density at radius 1 is 1.00 bits per heavy atom. The molecule has 162 valence electrons. The topological polar surface area (TPSA) is 105 Å². The number of carbonyl (C=O) groups is 2. The molecule has 2 amide bonds. The van der Waals surface area contributed by atoms with E-state index in [0.29, 0.717) is 36.4 Å². The molecule has 0 saturated carbocycles. The molecular formula is C24H22N4O4. The molecule has 0 aromatic heterocycles. The number of nitro groups is 1. The molecule has 0 fully saturated rings. The fourth-order valence-corrected chi connectivity index (χ4v) is 3.89. The second kappa shape index (κ2) is 8.89. The average Bonchev–Trinajstić information content (AvgIpc) is 2.79. The molecule has 1 aliphatic rings. The van der Waals surface area contributed by atoms with E-state index in [-0.39, 0.29) is 17.5 Å². The van der Waals surface area contributed by atoms with Gasteiger partial charge in [-0.1, -0.05) is 30.3 Å². The van der Waals surface area contributed by atoms with Crippen LogP contribution in [-0.4, -0.2) is 23.3 Å². The van der Waals surface area contributed by atoms with Crippen molar-refractivity contribution in [2.24, 2.45) is 0 Å². The number of nitrogens with one attached hydrogen (secondary N) is 2. The first-order chi connectivity index (χ1) is 15.4. The second-order valence-electron chi connectivity index (χ2n) is 7.58. The van der Waals surface area contributed by atoms with Gasteiger partial charge in [0.05, 0.1) is 4.92 Å². The van der Waals surface area contributed by atoms with Crippen molar-refractivity contribution in [2.45, 2.75) is 19.9 Å². The zero-order valence-corrected chi connectivity index (χ0v) is 17.5. The predicted octanol–water partition coefficient (Wildman–Crippen LogP) is 5.00. The van der Waals surface area contributed by atoms with Crippen LogP contribution in [-0.2, 0) is 13.0 Å². The largest absolute Gasteiger partial charge is 0.361 e. The molecule has 8 nitrogen and oxygen atoms in total. The fraction of sp³-hybridized carbons (Fsp3) is 0.167. The van der Waals surface area contributed by atoms with Gasteiger partial charge in [-0.25, -0.2) is 4.79 Å². The highest BCUT2D eigenvalue weighted by Gasteiger charge is 2.26. The van der Waals surface area contributed by atoms with Crippen molar-refractivity contribution in [3.8, 4) is 0 Å². The summed E-state index contributed by atoms with van der Waals surface area (Å²) in [6, 6.07) is 19.1. The lowest BCUT2D eigenvalue weighted by Gasteiger charge is -2.31. The Bertz CT molecular complexity index is 1190. The fourth-order valence-electron chi connectivity index (χ4n) is 3.89. The van der Waals surface area contributed by atoms with Gasteiger partial charge in [-0.3, -0.25) is 14.9 Å². The summed E-state index contributed by atoms with van der Waals surface area (Å²) in [5, 5.41) is 17.3. The van der Waals surface area contributed by atoms with Crippen LogP contribution in [0, 0.1) is 10.1 Å². The van der Waals surface area contributed by atoms with Crippen molar-refractivity contribution >= 4 is 34.6 Å². The minimum Gasteiger partial charge on any atom is -0.361 e. The molecular weight excluding hydrogens is 408 g/mol. The van der Waals surface area contributed by atoms with Crippen molar-refractivity contribution in [3.63, 3.8) is 0 Å². The van der Waals surface area contributed by atoms with E-state index in [2.05, 4.69) is 10.6 Å². The normalized spacial score (nSPS) is 12.6. The molecule has 0 aliphatic carbocycles. The van der Waals surface area contributed by atoms with Crippen molar-refractivity contribution in [1.82, 2.24) is 0 Å². The van der Waals surface area contributed by atoms with Gasteiger partial charge in [0, 0.05) is 36.1 Å². The summed E-state index contributed by atoms with van der Waals surface area (Å²) in [6.45, 7) is 2.40. The van der Waals surface area contributed by atoms with Crippen LogP contribution < -0.4 is 15.5 Å². The first kappa shape index (κ1) is 21.0. The minimum absolute atomic E-state index is 0.0855. The number of nitrogens with zero attached hydrogens (tertiary/aromatic N) is 2. The Morgan fingerprint density at radius 2 is 1.78 bits per heavy atom. The number of rotatable bonds is 5. The molecule has 0 unspecified atom stereocenters. The number of para-hydroxylation sites is 1. The Labute approximate surface area is 185 Å². The first-order valence-electron chi connectivity index (χ1n) is 10.2. The van der Waals surface area contributed by atoms with E-state index >= 15 is 0 Å². The molecule has 3 aromatic carbocycles. The van der Waals surface area contributed by atoms with Gasteiger partial charge in [0.1, 0.15) is 5.69 Å². The zero-order valence-electron chi connectivity index (χ0n) is 17.5. The zero-order chi connectivity index (χ0) is 22.7. The first-order valence-corrected chi connectivity index (χ1v) is 10.2. The maximum Gasteiger partial charge on any atom is 0.323 e. The molecule has 2 N–H and O–H groups in total. The average molecular weight is 430 g/mol. The minimum atomic E-state index is -0.455. The Kier molecular flexibility index (Phi) is 5.85. The van der Waals surface area contributed by atoms with Crippen LogP contribution in [0.5, 0.6) is 0 Å². The van der Waals surface area contributed by atoms with Gasteiger partial charge in [-0.15, -0.1) is 0 Å². The van der Waals surface area contributed by atoms with Crippen LogP contribution in [0.4, 0.5) is 27.5 Å². The maximum absolute atomic E-state index is 12.4. The third kappa shape index (κ3) is 4.44. The van der Waals surface area contributed by atoms with Gasteiger partial charge >= 0.3 is 6.03 Å². The van der Waals surface area contributed by atoms with E-state index < -0.39 is 4.92 Å². The molecule has 1 heterocycles. The number of benzene rings is 3. The highest BCUT2D eigenvalue weighted by molar-refractivity contribution is 6.00. The highest BCUT2D eigenvalue weighted by Crippen LogP contribution is 2.35. The van der Waals surface area contributed by atoms with Gasteiger partial charge in [0.25, 0.3) is 5.69 Å². The molecule has 4 rings (SSSR count). The Balaban J connectivity index is 1.55. The second-order valence-corrected chi connectivity index (χ2v) is 7.58. The summed E-state index contributed by atoms with van der Waals surface area (Å²) < 4.78 is 0. The molecule has 0 radical (unpaired) electrons. The molecule has 32 heavy (non-hydrogen) atoms. The number of urea groups is 1. The van der Waals surface area contributed by atoms with Crippen LogP contribution >= 0.6 is 0 Å². The van der Waals surface area contributed by atoms with Gasteiger partial charge in [-0.05, 0) is 54.8 Å². The molecule has 1 aliphatic heterocycles. The van der Waals surface area contributed by atoms with E-state index in [4.69, 9.17) is 0 Å². The van der Waals surface area contributed by atoms with Crippen molar-refractivity contribution in [1.29, 1.82) is 0 Å². The molecule has 8 heteroatoms. The van der Waals surface area contributed by atoms with Crippen molar-refractivity contribution in [3.05, 3.63) is 93.5 Å². The highest BCUT2D eigenvalue weighted by atomic mass is 16.6. The number of carbonyl (C=O) groups excluding carboxylic acids is 2. The Morgan fingerprint density at radius 3 is 2.50 bits per heavy atom. The van der Waals surface area contributed by atoms with E-state index in [1.54, 1.807) is 12.1 Å². The molecule has 0 saturated heterocycles. The predicted molar refractivity (Wildman–Crippen MR) is 123 cm³/mol. The van der Waals surface area contributed by atoms with E-state index in [0.717, 1.165) is 16.8 Å². The van der Waals surface area contributed by atoms with Crippen LogP contribution in [0.15, 0.2) is 66.7 Å². The number of Topliss-reactive ketones (excluding diaryl/α,β-unsaturated/α-hetero) is 1. The van der Waals surface area contributed by atoms with Crippen molar-refractivity contribution < 1.29 is 14.5 Å². The molecule has 0 bridgehead atoms. The van der Waals surface area contributed by atoms with Gasteiger partial charge in [-0.2, -0.15) is 0 Å². The summed E-state index contributed by atoms with van der Waals surface area (Å²) in [4.78, 5) is 37.2. The smallest absolute Gasteiger partial charge is 0.323 e. The Hall–Kier alpha value is -4.20. The summed E-state index contributed by atoms with van der Waals surface area (Å²) in [5.74, 6) is -0.215. The lowest BCUT2D eigenvalue weighted by atomic mass is 9.97. The molecule has 3 aromatic rings. The molecule has 0 atom stereocenters. The lowest BCUT2D eigenvalue weighted by molar-refractivity contribution is -0.384. The monoisotopic (exact) mass is 430 g/mol. The SMILES string of the molecule is CC(=O)c1ccc(N2CCc3c(cccc3NC(=O)Nc3ccccc3)C2)c([N+](=O)[O-])c1. The number of anilines is 3. The number of ketones is 1. The number of hydrogen-bond acceptors (Lipinski definition) is 5. The van der Waals surface area contributed by atoms with Gasteiger partial charge in [0.2, 0.25) is 0 Å². The standard InChI is InChI=1S/C24H22N4O4/c1-16(29)17-10-11-22(23(14-17)28(31)32)27-13-12-20-18(15-27)6-5-9-21(20)26-24(30)25-19-7-3-2-4-8-19/h2-11,14H,12-13,15H2,1H3,(H2,25,26,30). The van der Waals surface area contributed by atoms with Crippen LogP contribution in [0.1, 0.15) is 28.4 Å². The van der Waals surface area contributed by atoms with E-state index in [1.165, 1.54) is 13.0 Å². The number of nitro benzene ring substituents is 1. The van der Waals surface area contributed by atoms with E-state index in [9.17, 15) is 19.7 Å². The van der Waals surface area contributed by atoms with E-state index in [1.807, 2.05) is 53.4 Å².